The molecule has 3 N–H and O–H groups in total. The van der Waals surface area contributed by atoms with E-state index in [9.17, 15) is 16.8 Å². The molecule has 0 aliphatic carbocycles. The summed E-state index contributed by atoms with van der Waals surface area (Å²) in [7, 11) is -6.54. The molecule has 8 heteroatoms. The fraction of sp³-hybridized carbons (Fsp3) is 1.00. The van der Waals surface area contributed by atoms with Crippen LogP contribution in [0.15, 0.2) is 0 Å². The number of nitrogens with two attached hydrogens (primary N) is 1. The van der Waals surface area contributed by atoms with Crippen LogP contribution in [-0.4, -0.2) is 45.7 Å². The van der Waals surface area contributed by atoms with Crippen LogP contribution < -0.4 is 10.5 Å². The summed E-state index contributed by atoms with van der Waals surface area (Å²) < 4.78 is 50.0. The van der Waals surface area contributed by atoms with Crippen molar-refractivity contribution in [1.29, 1.82) is 0 Å². The Bertz CT molecular complexity index is 487. The van der Waals surface area contributed by atoms with Crippen molar-refractivity contribution in [3.8, 4) is 0 Å². The van der Waals surface area contributed by atoms with Crippen LogP contribution in [0.3, 0.4) is 0 Å². The van der Waals surface area contributed by atoms with Crippen LogP contribution in [0, 0.1) is 0 Å². The van der Waals surface area contributed by atoms with Crippen molar-refractivity contribution in [1.82, 2.24) is 4.72 Å². The Hall–Kier alpha value is -0.180. The van der Waals surface area contributed by atoms with E-state index in [-0.39, 0.29) is 24.3 Å². The molecule has 114 valence electrons. The lowest BCUT2D eigenvalue weighted by Crippen LogP contribution is -2.51. The van der Waals surface area contributed by atoms with Crippen LogP contribution in [0.2, 0.25) is 0 Å². The van der Waals surface area contributed by atoms with Crippen molar-refractivity contribution < 1.29 is 16.8 Å². The molecule has 0 saturated carbocycles. The maximum Gasteiger partial charge on any atom is 0.215 e. The minimum Gasteiger partial charge on any atom is -0.330 e. The summed E-state index contributed by atoms with van der Waals surface area (Å²) in [5.41, 5.74) is 4.96. The highest BCUT2D eigenvalue weighted by atomic mass is 32.2. The van der Waals surface area contributed by atoms with Crippen LogP contribution in [-0.2, 0) is 19.9 Å². The maximum absolute atomic E-state index is 12.3. The SMILES string of the molecule is CCC(C)(CCN)NS(=O)(=O)C1CCS(=O)(=O)CC1. The van der Waals surface area contributed by atoms with Crippen LogP contribution in [0.1, 0.15) is 39.5 Å². The molecule has 0 amide bonds. The van der Waals surface area contributed by atoms with Crippen molar-refractivity contribution in [2.24, 2.45) is 5.73 Å². The summed E-state index contributed by atoms with van der Waals surface area (Å²) in [6.07, 6.45) is 1.57. The summed E-state index contributed by atoms with van der Waals surface area (Å²) >= 11 is 0. The Labute approximate surface area is 116 Å². The second-order valence-electron chi connectivity index (χ2n) is 5.45. The number of sulfone groups is 1. The van der Waals surface area contributed by atoms with Gasteiger partial charge in [-0.1, -0.05) is 6.92 Å². The first-order chi connectivity index (χ1) is 8.64. The molecule has 6 nitrogen and oxygen atoms in total. The molecule has 1 rings (SSSR count). The molecule has 0 spiro atoms. The van der Waals surface area contributed by atoms with Crippen molar-refractivity contribution >= 4 is 19.9 Å². The molecule has 0 aromatic carbocycles. The normalized spacial score (nSPS) is 23.9. The van der Waals surface area contributed by atoms with E-state index in [0.29, 0.717) is 19.4 Å². The van der Waals surface area contributed by atoms with Gasteiger partial charge >= 0.3 is 0 Å². The zero-order valence-electron chi connectivity index (χ0n) is 11.6. The van der Waals surface area contributed by atoms with Crippen molar-refractivity contribution in [3.63, 3.8) is 0 Å². The predicted octanol–water partition coefficient (Wildman–Crippen LogP) is 0.000500. The molecular formula is C11H24N2O4S2. The molecule has 1 fully saturated rings. The summed E-state index contributed by atoms with van der Waals surface area (Å²) in [5, 5.41) is -0.611. The van der Waals surface area contributed by atoms with Crippen LogP contribution >= 0.6 is 0 Å². The first-order valence-electron chi connectivity index (χ1n) is 6.57. The average molecular weight is 312 g/mol. The Morgan fingerprint density at radius 2 is 1.84 bits per heavy atom. The van der Waals surface area contributed by atoms with Gasteiger partial charge in [-0.25, -0.2) is 21.6 Å². The summed E-state index contributed by atoms with van der Waals surface area (Å²) in [4.78, 5) is 0. The highest BCUT2D eigenvalue weighted by Crippen LogP contribution is 2.22. The first kappa shape index (κ1) is 16.9. The van der Waals surface area contributed by atoms with E-state index < -0.39 is 30.6 Å². The molecular weight excluding hydrogens is 288 g/mol. The quantitative estimate of drug-likeness (QED) is 0.718. The first-order valence-corrected chi connectivity index (χ1v) is 9.94. The number of rotatable bonds is 6. The third-order valence-corrected chi connectivity index (χ3v) is 7.65. The highest BCUT2D eigenvalue weighted by Gasteiger charge is 2.36. The zero-order valence-corrected chi connectivity index (χ0v) is 13.2. The molecule has 1 aliphatic rings. The van der Waals surface area contributed by atoms with E-state index >= 15 is 0 Å². The lowest BCUT2D eigenvalue weighted by Gasteiger charge is -2.32. The highest BCUT2D eigenvalue weighted by molar-refractivity contribution is 7.92. The van der Waals surface area contributed by atoms with Gasteiger partial charge in [0.15, 0.2) is 0 Å². The number of sulfonamides is 1. The monoisotopic (exact) mass is 312 g/mol. The van der Waals surface area contributed by atoms with Crippen molar-refractivity contribution in [2.75, 3.05) is 18.1 Å². The maximum atomic E-state index is 12.3. The van der Waals surface area contributed by atoms with Gasteiger partial charge < -0.3 is 5.73 Å². The van der Waals surface area contributed by atoms with E-state index in [1.165, 1.54) is 0 Å². The predicted molar refractivity (Wildman–Crippen MR) is 76.1 cm³/mol. The second kappa shape index (κ2) is 6.07. The Morgan fingerprint density at radius 1 is 1.32 bits per heavy atom. The summed E-state index contributed by atoms with van der Waals surface area (Å²) in [6.45, 7) is 4.15. The van der Waals surface area contributed by atoms with Crippen LogP contribution in [0.25, 0.3) is 0 Å². The molecule has 0 aromatic heterocycles. The third-order valence-electron chi connectivity index (χ3n) is 3.81. The standard InChI is InChI=1S/C11H24N2O4S2/c1-3-11(2,6-7-12)13-19(16,17)10-4-8-18(14,15)9-5-10/h10,13H,3-9,12H2,1-2H3. The average Bonchev–Trinajstić information content (AvgIpc) is 2.28. The van der Waals surface area contributed by atoms with Gasteiger partial charge in [0.05, 0.1) is 16.8 Å². The van der Waals surface area contributed by atoms with Crippen LogP contribution in [0.5, 0.6) is 0 Å². The van der Waals surface area contributed by atoms with Gasteiger partial charge in [0.2, 0.25) is 10.0 Å². The Kier molecular flexibility index (Phi) is 5.39. The largest absolute Gasteiger partial charge is 0.330 e. The number of nitrogens with one attached hydrogen (secondary N) is 1. The van der Waals surface area contributed by atoms with E-state index in [0.717, 1.165) is 0 Å². The molecule has 1 atom stereocenters. The van der Waals surface area contributed by atoms with E-state index in [4.69, 9.17) is 5.73 Å². The minimum absolute atomic E-state index is 0.0433. The van der Waals surface area contributed by atoms with Gasteiger partial charge in [-0.05, 0) is 39.2 Å². The minimum atomic E-state index is -3.50. The second-order valence-corrected chi connectivity index (χ2v) is 9.72. The Morgan fingerprint density at radius 3 is 2.26 bits per heavy atom. The molecule has 0 aromatic rings. The Balaban J connectivity index is 2.77. The zero-order chi connectivity index (χ0) is 14.7. The van der Waals surface area contributed by atoms with Gasteiger partial charge in [0, 0.05) is 5.54 Å². The molecule has 1 unspecified atom stereocenters. The topological polar surface area (TPSA) is 106 Å². The smallest absolute Gasteiger partial charge is 0.215 e. The lowest BCUT2D eigenvalue weighted by molar-refractivity contribution is 0.375. The van der Waals surface area contributed by atoms with E-state index in [1.54, 1.807) is 0 Å². The molecule has 1 heterocycles. The van der Waals surface area contributed by atoms with Gasteiger partial charge in [-0.15, -0.1) is 0 Å². The molecule has 0 radical (unpaired) electrons. The summed E-state index contributed by atoms with van der Waals surface area (Å²) in [6, 6.07) is 0. The third kappa shape index (κ3) is 4.70. The molecule has 1 aliphatic heterocycles. The van der Waals surface area contributed by atoms with E-state index in [2.05, 4.69) is 4.72 Å². The lowest BCUT2D eigenvalue weighted by atomic mass is 9.96. The van der Waals surface area contributed by atoms with Gasteiger partial charge in [0.25, 0.3) is 0 Å². The van der Waals surface area contributed by atoms with Crippen LogP contribution in [0.4, 0.5) is 0 Å². The number of hydrogen-bond acceptors (Lipinski definition) is 5. The van der Waals surface area contributed by atoms with Gasteiger partial charge in [0.1, 0.15) is 9.84 Å². The molecule has 19 heavy (non-hydrogen) atoms. The molecule has 0 bridgehead atoms. The van der Waals surface area contributed by atoms with Crippen molar-refractivity contribution in [3.05, 3.63) is 0 Å². The number of hydrogen-bond donors (Lipinski definition) is 2. The van der Waals surface area contributed by atoms with E-state index in [1.807, 2.05) is 13.8 Å². The summed E-state index contributed by atoms with van der Waals surface area (Å²) in [5.74, 6) is -0.0867. The fourth-order valence-electron chi connectivity index (χ4n) is 2.22. The van der Waals surface area contributed by atoms with Crippen molar-refractivity contribution in [2.45, 2.75) is 50.3 Å². The fourth-order valence-corrected chi connectivity index (χ4v) is 5.97. The van der Waals surface area contributed by atoms with Gasteiger partial charge in [-0.3, -0.25) is 0 Å². The van der Waals surface area contributed by atoms with Gasteiger partial charge in [-0.2, -0.15) is 0 Å². The molecule has 1 saturated heterocycles.